The van der Waals surface area contributed by atoms with Gasteiger partial charge in [-0.1, -0.05) is 56.7 Å². The molecule has 0 bridgehead atoms. The third-order valence-electron chi connectivity index (χ3n) is 8.15. The molecule has 2 N–H and O–H groups in total. The van der Waals surface area contributed by atoms with E-state index in [-0.39, 0.29) is 11.0 Å². The maximum absolute atomic E-state index is 10.3. The van der Waals surface area contributed by atoms with E-state index >= 15 is 0 Å². The summed E-state index contributed by atoms with van der Waals surface area (Å²) in [6.45, 7) is 15.8. The molecule has 4 unspecified atom stereocenters. The molecule has 1 aliphatic carbocycles. The highest BCUT2D eigenvalue weighted by atomic mass is 16.6. The summed E-state index contributed by atoms with van der Waals surface area (Å²) in [5.74, 6) is 0.781. The van der Waals surface area contributed by atoms with Gasteiger partial charge in [-0.05, 0) is 97.3 Å². The number of ether oxygens (including phenoxy) is 1. The van der Waals surface area contributed by atoms with E-state index in [1.54, 1.807) is 7.11 Å². The van der Waals surface area contributed by atoms with E-state index in [4.69, 9.17) is 4.74 Å². The van der Waals surface area contributed by atoms with Gasteiger partial charge in [0.15, 0.2) is 6.29 Å². The number of nitrogens with one attached hydrogen (secondary N) is 1. The van der Waals surface area contributed by atoms with E-state index in [2.05, 4.69) is 96.4 Å². The number of aliphatic hydroxyl groups excluding tert-OH is 1. The van der Waals surface area contributed by atoms with Crippen LogP contribution in [0.5, 0.6) is 0 Å². The minimum atomic E-state index is -0.918. The van der Waals surface area contributed by atoms with Gasteiger partial charge in [-0.2, -0.15) is 0 Å². The molecule has 3 nitrogen and oxygen atoms in total. The molecule has 2 aromatic rings. The third kappa shape index (κ3) is 3.66. The Bertz CT molecular complexity index is 1130. The molecule has 0 saturated heterocycles. The lowest BCUT2D eigenvalue weighted by molar-refractivity contribution is -0.0360. The Balaban J connectivity index is 2.04. The molecule has 1 heterocycles. The average Bonchev–Trinajstić information content (AvgIpc) is 3.21. The first-order valence-corrected chi connectivity index (χ1v) is 12.2. The van der Waals surface area contributed by atoms with Crippen molar-refractivity contribution in [2.45, 2.75) is 84.0 Å². The Morgan fingerprint density at radius 1 is 1.12 bits per heavy atom. The van der Waals surface area contributed by atoms with Gasteiger partial charge >= 0.3 is 0 Å². The molecule has 176 valence electrons. The second-order valence-electron chi connectivity index (χ2n) is 10.5. The molecule has 1 fully saturated rings. The van der Waals surface area contributed by atoms with E-state index in [9.17, 15) is 5.11 Å². The number of hydrogen-bond donors (Lipinski definition) is 2. The van der Waals surface area contributed by atoms with Crippen LogP contribution in [-0.4, -0.2) is 24.0 Å². The molecule has 1 aliphatic heterocycles. The van der Waals surface area contributed by atoms with Gasteiger partial charge in [0.2, 0.25) is 0 Å². The molecule has 4 rings (SSSR count). The van der Waals surface area contributed by atoms with Crippen molar-refractivity contribution in [2.75, 3.05) is 7.11 Å². The van der Waals surface area contributed by atoms with E-state index < -0.39 is 6.29 Å². The molecule has 0 radical (unpaired) electrons. The van der Waals surface area contributed by atoms with Crippen molar-refractivity contribution in [1.82, 2.24) is 5.32 Å². The van der Waals surface area contributed by atoms with Gasteiger partial charge in [0.05, 0.1) is 5.54 Å². The zero-order valence-electron chi connectivity index (χ0n) is 21.4. The number of rotatable bonds is 4. The lowest BCUT2D eigenvalue weighted by Crippen LogP contribution is -2.33. The van der Waals surface area contributed by atoms with Crippen LogP contribution in [0.4, 0.5) is 0 Å². The zero-order valence-corrected chi connectivity index (χ0v) is 21.4. The van der Waals surface area contributed by atoms with Gasteiger partial charge in [-0.15, -0.1) is 0 Å². The number of hydrogen-bond acceptors (Lipinski definition) is 3. The summed E-state index contributed by atoms with van der Waals surface area (Å²) in [6, 6.07) is 11.6. The van der Waals surface area contributed by atoms with Crippen molar-refractivity contribution in [3.63, 3.8) is 0 Å². The SMILES string of the molecule is CCC1c2cc(C(C)C)ccc2/C=C\NC2(C)/C(=C\C(O)OC)C2(C)c2c(C)cc(C)cc21. The van der Waals surface area contributed by atoms with Gasteiger partial charge < -0.3 is 15.2 Å². The fourth-order valence-corrected chi connectivity index (χ4v) is 6.14. The molecule has 0 aromatic heterocycles. The molecular formula is C30H39NO2. The number of fused-ring (bicyclic) bond motifs is 4. The second-order valence-corrected chi connectivity index (χ2v) is 10.5. The average molecular weight is 446 g/mol. The molecule has 4 atom stereocenters. The van der Waals surface area contributed by atoms with Crippen LogP contribution in [0, 0.1) is 13.8 Å². The van der Waals surface area contributed by atoms with Crippen LogP contribution in [0.15, 0.2) is 48.2 Å². The normalized spacial score (nSPS) is 29.0. The third-order valence-corrected chi connectivity index (χ3v) is 8.15. The zero-order chi connectivity index (χ0) is 24.1. The minimum absolute atomic E-state index is 0.245. The Morgan fingerprint density at radius 3 is 2.48 bits per heavy atom. The number of methoxy groups -OCH3 is 1. The first-order valence-electron chi connectivity index (χ1n) is 12.2. The van der Waals surface area contributed by atoms with Crippen molar-refractivity contribution in [3.05, 3.63) is 87.1 Å². The van der Waals surface area contributed by atoms with Crippen LogP contribution in [0.3, 0.4) is 0 Å². The van der Waals surface area contributed by atoms with Crippen LogP contribution < -0.4 is 5.32 Å². The van der Waals surface area contributed by atoms with Gasteiger partial charge in [-0.3, -0.25) is 0 Å². The maximum atomic E-state index is 10.3. The summed E-state index contributed by atoms with van der Waals surface area (Å²) in [7, 11) is 1.54. The number of aliphatic hydroxyl groups is 1. The summed E-state index contributed by atoms with van der Waals surface area (Å²) in [4.78, 5) is 0. The molecule has 2 aromatic carbocycles. The maximum Gasteiger partial charge on any atom is 0.174 e. The summed E-state index contributed by atoms with van der Waals surface area (Å²) < 4.78 is 5.21. The van der Waals surface area contributed by atoms with Crippen LogP contribution in [0.2, 0.25) is 0 Å². The minimum Gasteiger partial charge on any atom is -0.381 e. The van der Waals surface area contributed by atoms with Crippen LogP contribution >= 0.6 is 0 Å². The monoisotopic (exact) mass is 445 g/mol. The smallest absolute Gasteiger partial charge is 0.174 e. The van der Waals surface area contributed by atoms with Crippen molar-refractivity contribution in [2.24, 2.45) is 0 Å². The molecule has 3 heteroatoms. The van der Waals surface area contributed by atoms with Crippen LogP contribution in [0.25, 0.3) is 6.08 Å². The summed E-state index contributed by atoms with van der Waals surface area (Å²) in [6.07, 6.45) is 6.29. The largest absolute Gasteiger partial charge is 0.381 e. The Kier molecular flexibility index (Phi) is 6.09. The highest BCUT2D eigenvalue weighted by Crippen LogP contribution is 2.65. The summed E-state index contributed by atoms with van der Waals surface area (Å²) >= 11 is 0. The van der Waals surface area contributed by atoms with E-state index in [1.807, 2.05) is 6.08 Å². The fourth-order valence-electron chi connectivity index (χ4n) is 6.14. The quantitative estimate of drug-likeness (QED) is 0.419. The Morgan fingerprint density at radius 2 is 1.85 bits per heavy atom. The van der Waals surface area contributed by atoms with Crippen molar-refractivity contribution >= 4 is 6.08 Å². The van der Waals surface area contributed by atoms with Crippen molar-refractivity contribution < 1.29 is 9.84 Å². The van der Waals surface area contributed by atoms with Gasteiger partial charge in [0, 0.05) is 18.4 Å². The van der Waals surface area contributed by atoms with E-state index in [0.717, 1.165) is 6.42 Å². The molecular weight excluding hydrogens is 406 g/mol. The number of aryl methyl sites for hydroxylation is 2. The Labute approximate surface area is 199 Å². The molecule has 0 amide bonds. The lowest BCUT2D eigenvalue weighted by Gasteiger charge is -2.30. The second kappa shape index (κ2) is 8.45. The van der Waals surface area contributed by atoms with E-state index in [1.165, 1.54) is 44.5 Å². The fraction of sp³-hybridized carbons (Fsp3) is 0.467. The summed E-state index contributed by atoms with van der Waals surface area (Å²) in [5.41, 5.74) is 10.0. The number of benzene rings is 2. The first kappa shape index (κ1) is 23.8. The highest BCUT2D eigenvalue weighted by molar-refractivity contribution is 5.70. The van der Waals surface area contributed by atoms with Crippen LogP contribution in [-0.2, 0) is 10.2 Å². The summed E-state index contributed by atoms with van der Waals surface area (Å²) in [5, 5.41) is 14.0. The predicted molar refractivity (Wildman–Crippen MR) is 138 cm³/mol. The molecule has 2 aliphatic rings. The molecule has 1 saturated carbocycles. The molecule has 0 spiro atoms. The highest BCUT2D eigenvalue weighted by Gasteiger charge is 2.68. The van der Waals surface area contributed by atoms with Gasteiger partial charge in [-0.25, -0.2) is 0 Å². The first-order chi connectivity index (χ1) is 15.6. The van der Waals surface area contributed by atoms with Crippen molar-refractivity contribution in [1.29, 1.82) is 0 Å². The van der Waals surface area contributed by atoms with Crippen molar-refractivity contribution in [3.8, 4) is 0 Å². The molecule has 33 heavy (non-hydrogen) atoms. The van der Waals surface area contributed by atoms with Crippen LogP contribution in [0.1, 0.15) is 91.8 Å². The standard InChI is InChI=1S/C30H39NO2/c1-9-23-24-16-22(18(2)3)11-10-21(24)12-13-31-30(7)26(17-27(32)33-8)29(30,6)28-20(5)14-19(4)15-25(23)28/h10-18,23,27,31-32H,9H2,1-8H3/b13-12-,26-17-. The van der Waals surface area contributed by atoms with E-state index in [0.29, 0.717) is 11.8 Å². The lowest BCUT2D eigenvalue weighted by atomic mass is 9.75. The topological polar surface area (TPSA) is 41.5 Å². The van der Waals surface area contributed by atoms with Gasteiger partial charge in [0.1, 0.15) is 0 Å². The Hall–Kier alpha value is -2.36. The predicted octanol–water partition coefficient (Wildman–Crippen LogP) is 6.46. The van der Waals surface area contributed by atoms with Gasteiger partial charge in [0.25, 0.3) is 0 Å².